The number of hydrogen-bond acceptors (Lipinski definition) is 4. The molecule has 4 rings (SSSR count). The molecule has 29 heavy (non-hydrogen) atoms. The molecule has 1 unspecified atom stereocenters. The molecule has 6 heteroatoms. The van der Waals surface area contributed by atoms with Crippen LogP contribution in [0.2, 0.25) is 0 Å². The molecule has 1 aliphatic heterocycles. The van der Waals surface area contributed by atoms with Crippen molar-refractivity contribution in [2.45, 2.75) is 19.1 Å². The van der Waals surface area contributed by atoms with Crippen LogP contribution in [-0.4, -0.2) is 28.0 Å². The first kappa shape index (κ1) is 19.2. The molecule has 0 fully saturated rings. The number of carbonyl (C=O) groups excluding carboxylic acids is 1. The van der Waals surface area contributed by atoms with Gasteiger partial charge in [0, 0.05) is 5.56 Å². The summed E-state index contributed by atoms with van der Waals surface area (Å²) < 4.78 is 7.31. The Balaban J connectivity index is 1.78. The van der Waals surface area contributed by atoms with Crippen molar-refractivity contribution in [1.29, 1.82) is 0 Å². The van der Waals surface area contributed by atoms with E-state index in [1.807, 2.05) is 61.0 Å². The summed E-state index contributed by atoms with van der Waals surface area (Å²) in [6.45, 7) is 4.27. The molecule has 3 aromatic rings. The summed E-state index contributed by atoms with van der Waals surface area (Å²) >= 11 is 1.60. The Kier molecular flexibility index (Phi) is 5.32. The van der Waals surface area contributed by atoms with Gasteiger partial charge in [-0.25, -0.2) is 4.68 Å². The first-order valence-corrected chi connectivity index (χ1v) is 10.4. The van der Waals surface area contributed by atoms with Gasteiger partial charge in [0.2, 0.25) is 5.91 Å². The second kappa shape index (κ2) is 8.06. The fourth-order valence-electron chi connectivity index (χ4n) is 3.46. The largest absolute Gasteiger partial charge is 0.481 e. The van der Waals surface area contributed by atoms with Crippen molar-refractivity contribution in [3.63, 3.8) is 0 Å². The Morgan fingerprint density at radius 2 is 2.07 bits per heavy atom. The lowest BCUT2D eigenvalue weighted by atomic mass is 10.0. The second-order valence-corrected chi connectivity index (χ2v) is 7.99. The van der Waals surface area contributed by atoms with Gasteiger partial charge in [-0.15, -0.1) is 18.2 Å². The van der Waals surface area contributed by atoms with Crippen LogP contribution in [0.3, 0.4) is 0 Å². The third-order valence-corrected chi connectivity index (χ3v) is 6.03. The van der Waals surface area contributed by atoms with E-state index in [2.05, 4.69) is 17.3 Å². The predicted molar refractivity (Wildman–Crippen MR) is 117 cm³/mol. The average Bonchev–Trinajstić information content (AvgIpc) is 2.92. The zero-order valence-electron chi connectivity index (χ0n) is 16.3. The van der Waals surface area contributed by atoms with Crippen molar-refractivity contribution in [2.75, 3.05) is 17.7 Å². The monoisotopic (exact) mass is 403 g/mol. The SMILES string of the molecule is C#CCOc1ccc(C2SCC(=O)Nc3c2c(C)nn3-c2cccc(C)c2)cc1. The smallest absolute Gasteiger partial charge is 0.235 e. The third-order valence-electron chi connectivity index (χ3n) is 4.76. The topological polar surface area (TPSA) is 56.1 Å². The summed E-state index contributed by atoms with van der Waals surface area (Å²) in [5.74, 6) is 4.28. The van der Waals surface area contributed by atoms with E-state index in [9.17, 15) is 4.79 Å². The summed E-state index contributed by atoms with van der Waals surface area (Å²) in [6.07, 6.45) is 5.26. The number of amides is 1. The normalized spacial score (nSPS) is 15.8. The summed E-state index contributed by atoms with van der Waals surface area (Å²) in [6, 6.07) is 16.0. The van der Waals surface area contributed by atoms with Crippen LogP contribution >= 0.6 is 11.8 Å². The number of nitrogens with one attached hydrogen (secondary N) is 1. The standard InChI is InChI=1S/C23H21N3O2S/c1-4-12-28-19-10-8-17(9-11-19)22-21-16(3)25-26(18-7-5-6-15(2)13-18)23(21)24-20(27)14-29-22/h1,5-11,13,22H,12,14H2,2-3H3,(H,24,27). The highest BCUT2D eigenvalue weighted by molar-refractivity contribution is 8.00. The van der Waals surface area contributed by atoms with Gasteiger partial charge in [0.05, 0.1) is 22.4 Å². The molecule has 2 heterocycles. The third kappa shape index (κ3) is 3.87. The zero-order chi connectivity index (χ0) is 20.4. The van der Waals surface area contributed by atoms with E-state index in [1.54, 1.807) is 11.8 Å². The minimum atomic E-state index is -0.0264. The molecule has 1 N–H and O–H groups in total. The molecule has 2 aromatic carbocycles. The number of terminal acetylenes is 1. The zero-order valence-corrected chi connectivity index (χ0v) is 17.1. The van der Waals surface area contributed by atoms with Crippen molar-refractivity contribution in [2.24, 2.45) is 0 Å². The molecular weight excluding hydrogens is 382 g/mol. The number of hydrogen-bond donors (Lipinski definition) is 1. The highest BCUT2D eigenvalue weighted by Gasteiger charge is 2.30. The fraction of sp³-hybridized carbons (Fsp3) is 0.217. The number of ether oxygens (including phenoxy) is 1. The van der Waals surface area contributed by atoms with E-state index >= 15 is 0 Å². The molecule has 0 radical (unpaired) electrons. The number of nitrogens with zero attached hydrogens (tertiary/aromatic N) is 2. The van der Waals surface area contributed by atoms with Crippen LogP contribution in [0.5, 0.6) is 5.75 Å². The van der Waals surface area contributed by atoms with Crippen LogP contribution in [0, 0.1) is 26.2 Å². The van der Waals surface area contributed by atoms with Gasteiger partial charge in [-0.3, -0.25) is 4.79 Å². The summed E-state index contributed by atoms with van der Waals surface area (Å²) in [5.41, 5.74) is 5.08. The van der Waals surface area contributed by atoms with Crippen LogP contribution in [-0.2, 0) is 4.79 Å². The molecule has 1 aliphatic rings. The van der Waals surface area contributed by atoms with Crippen LogP contribution in [0.4, 0.5) is 5.82 Å². The number of rotatable bonds is 4. The Hall–Kier alpha value is -3.17. The van der Waals surface area contributed by atoms with Gasteiger partial charge in [0.15, 0.2) is 0 Å². The summed E-state index contributed by atoms with van der Waals surface area (Å²) in [4.78, 5) is 12.4. The first-order chi connectivity index (χ1) is 14.1. The Morgan fingerprint density at radius 3 is 2.79 bits per heavy atom. The molecule has 1 atom stereocenters. The highest BCUT2D eigenvalue weighted by atomic mass is 32.2. The van der Waals surface area contributed by atoms with Crippen LogP contribution in [0.1, 0.15) is 27.6 Å². The maximum absolute atomic E-state index is 12.4. The minimum absolute atomic E-state index is 0.0100. The quantitative estimate of drug-likeness (QED) is 0.661. The van der Waals surface area contributed by atoms with Gasteiger partial charge in [-0.2, -0.15) is 5.10 Å². The van der Waals surface area contributed by atoms with Crippen molar-refractivity contribution >= 4 is 23.5 Å². The highest BCUT2D eigenvalue weighted by Crippen LogP contribution is 2.44. The molecule has 5 nitrogen and oxygen atoms in total. The van der Waals surface area contributed by atoms with E-state index in [0.29, 0.717) is 5.75 Å². The predicted octanol–water partition coefficient (Wildman–Crippen LogP) is 4.28. The van der Waals surface area contributed by atoms with E-state index in [-0.39, 0.29) is 17.8 Å². The molecule has 146 valence electrons. The van der Waals surface area contributed by atoms with Crippen LogP contribution in [0.25, 0.3) is 5.69 Å². The van der Waals surface area contributed by atoms with E-state index in [0.717, 1.165) is 39.6 Å². The van der Waals surface area contributed by atoms with Gasteiger partial charge in [0.25, 0.3) is 0 Å². The molecule has 0 aliphatic carbocycles. The molecule has 1 aromatic heterocycles. The Bertz CT molecular complexity index is 1100. The maximum Gasteiger partial charge on any atom is 0.235 e. The Morgan fingerprint density at radius 1 is 1.28 bits per heavy atom. The second-order valence-electron chi connectivity index (χ2n) is 6.90. The van der Waals surface area contributed by atoms with Crippen LogP contribution in [0.15, 0.2) is 48.5 Å². The van der Waals surface area contributed by atoms with E-state index < -0.39 is 0 Å². The van der Waals surface area contributed by atoms with Gasteiger partial charge in [0.1, 0.15) is 18.2 Å². The molecule has 0 saturated carbocycles. The molecule has 0 spiro atoms. The van der Waals surface area contributed by atoms with Crippen molar-refractivity contribution in [1.82, 2.24) is 9.78 Å². The fourth-order valence-corrected chi connectivity index (χ4v) is 4.65. The lowest BCUT2D eigenvalue weighted by molar-refractivity contribution is -0.113. The summed E-state index contributed by atoms with van der Waals surface area (Å²) in [5, 5.41) is 7.81. The average molecular weight is 404 g/mol. The summed E-state index contributed by atoms with van der Waals surface area (Å²) in [7, 11) is 0. The van der Waals surface area contributed by atoms with Crippen molar-refractivity contribution in [3.05, 3.63) is 70.9 Å². The minimum Gasteiger partial charge on any atom is -0.481 e. The number of aryl methyl sites for hydroxylation is 2. The van der Waals surface area contributed by atoms with E-state index in [4.69, 9.17) is 16.3 Å². The van der Waals surface area contributed by atoms with Gasteiger partial charge in [-0.1, -0.05) is 30.2 Å². The number of thioether (sulfide) groups is 1. The van der Waals surface area contributed by atoms with Crippen LogP contribution < -0.4 is 10.1 Å². The van der Waals surface area contributed by atoms with Crippen molar-refractivity contribution in [3.8, 4) is 23.8 Å². The van der Waals surface area contributed by atoms with Gasteiger partial charge in [-0.05, 0) is 49.2 Å². The van der Waals surface area contributed by atoms with E-state index in [1.165, 1.54) is 0 Å². The number of anilines is 1. The lowest BCUT2D eigenvalue weighted by Crippen LogP contribution is -2.15. The van der Waals surface area contributed by atoms with Gasteiger partial charge < -0.3 is 10.1 Å². The molecule has 0 saturated heterocycles. The number of aromatic nitrogens is 2. The van der Waals surface area contributed by atoms with Crippen molar-refractivity contribution < 1.29 is 9.53 Å². The number of benzene rings is 2. The Labute approximate surface area is 174 Å². The number of fused-ring (bicyclic) bond motifs is 1. The van der Waals surface area contributed by atoms with Gasteiger partial charge >= 0.3 is 0 Å². The molecule has 0 bridgehead atoms. The number of carbonyl (C=O) groups is 1. The maximum atomic E-state index is 12.4. The molecule has 1 amide bonds. The first-order valence-electron chi connectivity index (χ1n) is 9.31. The molecular formula is C23H21N3O2S. The lowest BCUT2D eigenvalue weighted by Gasteiger charge is -2.16.